The molecule has 0 amide bonds. The van der Waals surface area contributed by atoms with Crippen LogP contribution in [0.15, 0.2) is 32.6 Å². The number of aromatic hydroxyl groups is 1. The van der Waals surface area contributed by atoms with Gasteiger partial charge in [0.2, 0.25) is 0 Å². The van der Waals surface area contributed by atoms with Gasteiger partial charge in [0.25, 0.3) is 5.56 Å². The Kier molecular flexibility index (Phi) is 4.08. The van der Waals surface area contributed by atoms with Gasteiger partial charge in [0, 0.05) is 14.9 Å². The van der Waals surface area contributed by atoms with Gasteiger partial charge in [-0.1, -0.05) is 15.9 Å². The molecule has 3 aromatic rings. The second-order valence-electron chi connectivity index (χ2n) is 5.19. The minimum atomic E-state index is -0.194. The van der Waals surface area contributed by atoms with E-state index in [0.717, 1.165) is 19.7 Å². The van der Waals surface area contributed by atoms with Crippen LogP contribution in [0.25, 0.3) is 10.2 Å². The van der Waals surface area contributed by atoms with Gasteiger partial charge in [-0.05, 0) is 44.5 Å². The van der Waals surface area contributed by atoms with Crippen LogP contribution < -0.4 is 5.56 Å². The van der Waals surface area contributed by atoms with E-state index < -0.39 is 0 Å². The molecular formula is C16H14BrN3O2S. The van der Waals surface area contributed by atoms with Gasteiger partial charge in [0.05, 0.1) is 11.6 Å². The summed E-state index contributed by atoms with van der Waals surface area (Å²) in [6.45, 7) is 5.63. The Morgan fingerprint density at radius 3 is 2.83 bits per heavy atom. The van der Waals surface area contributed by atoms with Crippen molar-refractivity contribution in [1.82, 2.24) is 9.66 Å². The molecule has 0 bridgehead atoms. The smallest absolute Gasteiger partial charge is 0.283 e. The molecule has 3 rings (SSSR count). The number of thiophene rings is 1. The van der Waals surface area contributed by atoms with Crippen LogP contribution in [-0.2, 0) is 0 Å². The van der Waals surface area contributed by atoms with Crippen LogP contribution in [0.4, 0.5) is 0 Å². The fourth-order valence-electron chi connectivity index (χ4n) is 2.27. The summed E-state index contributed by atoms with van der Waals surface area (Å²) < 4.78 is 2.08. The molecule has 2 heterocycles. The van der Waals surface area contributed by atoms with Gasteiger partial charge in [-0.15, -0.1) is 11.3 Å². The summed E-state index contributed by atoms with van der Waals surface area (Å²) in [7, 11) is 0. The monoisotopic (exact) mass is 391 g/mol. The Balaban J connectivity index is 2.17. The summed E-state index contributed by atoms with van der Waals surface area (Å²) in [5, 5.41) is 14.7. The molecule has 0 saturated carbocycles. The molecule has 0 saturated heterocycles. The Hall–Kier alpha value is -1.99. The second-order valence-corrected chi connectivity index (χ2v) is 7.31. The van der Waals surface area contributed by atoms with E-state index in [1.807, 2.05) is 13.8 Å². The van der Waals surface area contributed by atoms with Gasteiger partial charge in [-0.25, -0.2) is 4.98 Å². The molecule has 0 unspecified atom stereocenters. The molecule has 7 heteroatoms. The van der Waals surface area contributed by atoms with E-state index in [4.69, 9.17) is 0 Å². The Bertz CT molecular complexity index is 1000. The minimum absolute atomic E-state index is 0.0965. The van der Waals surface area contributed by atoms with Crippen molar-refractivity contribution in [3.05, 3.63) is 54.9 Å². The number of hydrogen-bond acceptors (Lipinski definition) is 5. The van der Waals surface area contributed by atoms with Crippen molar-refractivity contribution in [2.24, 2.45) is 5.10 Å². The van der Waals surface area contributed by atoms with Crippen LogP contribution in [0.1, 0.15) is 21.8 Å². The average Bonchev–Trinajstić information content (AvgIpc) is 2.77. The maximum Gasteiger partial charge on any atom is 0.283 e. The number of phenolic OH excluding ortho intramolecular Hbond substituents is 1. The third-order valence-corrected chi connectivity index (χ3v) is 5.24. The van der Waals surface area contributed by atoms with Crippen molar-refractivity contribution in [3.8, 4) is 5.75 Å². The van der Waals surface area contributed by atoms with Gasteiger partial charge in [-0.3, -0.25) is 4.79 Å². The topological polar surface area (TPSA) is 67.5 Å². The van der Waals surface area contributed by atoms with E-state index in [2.05, 4.69) is 26.0 Å². The number of nitrogens with zero attached hydrogens (tertiary/aromatic N) is 3. The number of fused-ring (bicyclic) bond motifs is 1. The minimum Gasteiger partial charge on any atom is -0.507 e. The number of halogens is 1. The quantitative estimate of drug-likeness (QED) is 0.676. The fourth-order valence-corrected chi connectivity index (χ4v) is 3.72. The maximum atomic E-state index is 12.7. The molecule has 0 aliphatic heterocycles. The number of benzene rings is 1. The predicted molar refractivity (Wildman–Crippen MR) is 96.9 cm³/mol. The fraction of sp³-hybridized carbons (Fsp3) is 0.188. The Labute approximate surface area is 145 Å². The van der Waals surface area contributed by atoms with Gasteiger partial charge in [0.15, 0.2) is 0 Å². The van der Waals surface area contributed by atoms with Crippen LogP contribution in [0.5, 0.6) is 5.75 Å². The van der Waals surface area contributed by atoms with Crippen LogP contribution >= 0.6 is 27.3 Å². The molecule has 0 radical (unpaired) electrons. The van der Waals surface area contributed by atoms with Crippen LogP contribution in [0, 0.1) is 20.8 Å². The molecule has 23 heavy (non-hydrogen) atoms. The number of hydrogen-bond donors (Lipinski definition) is 1. The molecule has 2 aromatic heterocycles. The van der Waals surface area contributed by atoms with Crippen LogP contribution in [-0.4, -0.2) is 21.0 Å². The number of aryl methyl sites for hydroxylation is 3. The summed E-state index contributed by atoms with van der Waals surface area (Å²) >= 11 is 4.86. The maximum absolute atomic E-state index is 12.7. The van der Waals surface area contributed by atoms with Gasteiger partial charge in [0.1, 0.15) is 16.4 Å². The van der Waals surface area contributed by atoms with E-state index in [1.165, 1.54) is 22.2 Å². The zero-order valence-corrected chi connectivity index (χ0v) is 15.2. The lowest BCUT2D eigenvalue weighted by Crippen LogP contribution is -2.20. The van der Waals surface area contributed by atoms with Crippen molar-refractivity contribution < 1.29 is 5.11 Å². The molecule has 0 aliphatic rings. The highest BCUT2D eigenvalue weighted by atomic mass is 79.9. The van der Waals surface area contributed by atoms with Gasteiger partial charge >= 0.3 is 0 Å². The van der Waals surface area contributed by atoms with E-state index in [9.17, 15) is 9.90 Å². The lowest BCUT2D eigenvalue weighted by molar-refractivity contribution is 0.474. The first-order valence-corrected chi connectivity index (χ1v) is 8.51. The molecule has 0 aliphatic carbocycles. The first kappa shape index (κ1) is 15.9. The van der Waals surface area contributed by atoms with E-state index >= 15 is 0 Å². The molecule has 0 spiro atoms. The molecular weight excluding hydrogens is 378 g/mol. The lowest BCUT2D eigenvalue weighted by Gasteiger charge is -2.04. The first-order valence-electron chi connectivity index (χ1n) is 6.90. The highest BCUT2D eigenvalue weighted by Crippen LogP contribution is 2.26. The van der Waals surface area contributed by atoms with Crippen molar-refractivity contribution in [2.45, 2.75) is 20.8 Å². The first-order chi connectivity index (χ1) is 10.9. The normalized spacial score (nSPS) is 11.7. The number of aromatic nitrogens is 2. The zero-order valence-electron chi connectivity index (χ0n) is 12.8. The largest absolute Gasteiger partial charge is 0.507 e. The van der Waals surface area contributed by atoms with Crippen molar-refractivity contribution in [1.29, 1.82) is 0 Å². The molecule has 0 fully saturated rings. The second kappa shape index (κ2) is 5.90. The van der Waals surface area contributed by atoms with Crippen molar-refractivity contribution in [3.63, 3.8) is 0 Å². The standard InChI is InChI=1S/C16H14BrN3O2S/c1-8-9(2)23-15-14(8)16(22)20(10(3)19-15)18-7-11-6-12(17)4-5-13(11)21/h4-7,21H,1-3H3. The lowest BCUT2D eigenvalue weighted by atomic mass is 10.2. The summed E-state index contributed by atoms with van der Waals surface area (Å²) in [5.74, 6) is 0.605. The van der Waals surface area contributed by atoms with Crippen LogP contribution in [0.2, 0.25) is 0 Å². The summed E-state index contributed by atoms with van der Waals surface area (Å²) in [4.78, 5) is 19.0. The van der Waals surface area contributed by atoms with E-state index in [-0.39, 0.29) is 11.3 Å². The molecule has 0 atom stereocenters. The average molecular weight is 392 g/mol. The Morgan fingerprint density at radius 1 is 1.35 bits per heavy atom. The van der Waals surface area contributed by atoms with Crippen LogP contribution in [0.3, 0.4) is 0 Å². The van der Waals surface area contributed by atoms with E-state index in [0.29, 0.717) is 16.8 Å². The summed E-state index contributed by atoms with van der Waals surface area (Å²) in [6.07, 6.45) is 1.45. The SMILES string of the molecule is Cc1sc2nc(C)n(N=Cc3cc(Br)ccc3O)c(=O)c2c1C. The zero-order chi connectivity index (χ0) is 16.7. The molecule has 5 nitrogen and oxygen atoms in total. The summed E-state index contributed by atoms with van der Waals surface area (Å²) in [6, 6.07) is 5.02. The Morgan fingerprint density at radius 2 is 2.09 bits per heavy atom. The highest BCUT2D eigenvalue weighted by Gasteiger charge is 2.14. The van der Waals surface area contributed by atoms with E-state index in [1.54, 1.807) is 25.1 Å². The van der Waals surface area contributed by atoms with Crippen molar-refractivity contribution in [2.75, 3.05) is 0 Å². The molecule has 1 aromatic carbocycles. The number of rotatable bonds is 2. The summed E-state index contributed by atoms with van der Waals surface area (Å²) in [5.41, 5.74) is 1.26. The predicted octanol–water partition coefficient (Wildman–Crippen LogP) is 3.73. The van der Waals surface area contributed by atoms with Gasteiger partial charge < -0.3 is 5.11 Å². The number of phenols is 1. The third kappa shape index (κ3) is 2.82. The third-order valence-electron chi connectivity index (χ3n) is 3.64. The van der Waals surface area contributed by atoms with Gasteiger partial charge in [-0.2, -0.15) is 9.78 Å². The molecule has 1 N–H and O–H groups in total. The highest BCUT2D eigenvalue weighted by molar-refractivity contribution is 9.10. The molecule has 118 valence electrons. The van der Waals surface area contributed by atoms with Crippen molar-refractivity contribution >= 4 is 43.7 Å².